The third kappa shape index (κ3) is 21.7. The Morgan fingerprint density at radius 2 is 0.927 bits per heavy atom. The van der Waals surface area contributed by atoms with Crippen molar-refractivity contribution in [1.82, 2.24) is 0 Å². The number of sulfone groups is 1. The second-order valence-corrected chi connectivity index (χ2v) is 19.5. The van der Waals surface area contributed by atoms with E-state index in [2.05, 4.69) is 42.0 Å². The van der Waals surface area contributed by atoms with Crippen molar-refractivity contribution in [2.75, 3.05) is 130 Å². The minimum Gasteiger partial charge on any atom is -0.491 e. The van der Waals surface area contributed by atoms with Crippen LogP contribution >= 0.6 is 23.5 Å². The summed E-state index contributed by atoms with van der Waals surface area (Å²) >= 11 is 3.97. The number of benzene rings is 2. The Hall–Kier alpha value is -1.55. The monoisotopic (exact) mass is 830 g/mol. The van der Waals surface area contributed by atoms with E-state index in [-0.39, 0.29) is 22.0 Å². The van der Waals surface area contributed by atoms with E-state index in [1.807, 2.05) is 37.4 Å². The van der Waals surface area contributed by atoms with E-state index in [0.717, 1.165) is 44.8 Å². The summed E-state index contributed by atoms with van der Waals surface area (Å²) in [4.78, 5) is 0.380. The van der Waals surface area contributed by atoms with Crippen molar-refractivity contribution in [2.24, 2.45) is 0 Å². The maximum atomic E-state index is 13.4. The molecule has 0 saturated heterocycles. The molecular weight excluding hydrogens is 757 g/mol. The van der Waals surface area contributed by atoms with Crippen LogP contribution < -0.4 is 9.47 Å². The molecule has 0 aliphatic carbocycles. The molecule has 10 nitrogen and oxygen atoms in total. The second kappa shape index (κ2) is 28.0. The van der Waals surface area contributed by atoms with E-state index in [0.29, 0.717) is 64.4 Å². The van der Waals surface area contributed by atoms with Crippen molar-refractivity contribution in [3.05, 3.63) is 48.5 Å². The van der Waals surface area contributed by atoms with E-state index < -0.39 is 9.84 Å². The zero-order chi connectivity index (χ0) is 40.4. The molecule has 2 aromatic rings. The molecule has 2 atom stereocenters. The molecule has 0 aliphatic heterocycles. The lowest BCUT2D eigenvalue weighted by Crippen LogP contribution is -2.42. The molecule has 0 amide bonds. The summed E-state index contributed by atoms with van der Waals surface area (Å²) in [5.41, 5.74) is 0. The van der Waals surface area contributed by atoms with Crippen LogP contribution in [-0.2, 0) is 28.8 Å². The molecule has 0 bridgehead atoms. The molecule has 0 aliphatic rings. The number of hydrogen-bond donors (Lipinski definition) is 0. The molecule has 2 rings (SSSR count). The fourth-order valence-corrected chi connectivity index (χ4v) is 9.48. The van der Waals surface area contributed by atoms with E-state index in [1.165, 1.54) is 39.0 Å². The molecule has 0 spiro atoms. The van der Waals surface area contributed by atoms with Crippen molar-refractivity contribution < 1.29 is 45.8 Å². The van der Waals surface area contributed by atoms with Crippen LogP contribution in [0.25, 0.3) is 0 Å². The van der Waals surface area contributed by atoms with Crippen LogP contribution in [0, 0.1) is 0 Å². The van der Waals surface area contributed by atoms with Gasteiger partial charge in [0.05, 0.1) is 77.4 Å². The standard InChI is InChI=1S/C42H74N2O8S3/c1-9-23-43(5,6)25-31-53-29-13-27-47-33-39(49-11-3)35-51-37-15-19-41(20-16-37)55(45,46)42-21-17-38(18-22-42)52-36-40(50-12-4)34-48-28-14-30-54-32-26-44(7,8)24-10-2/h15-22,39-40H,9-14,23-36H2,1-8H3/q+2. The molecule has 13 heteroatoms. The third-order valence-corrected chi connectivity index (χ3v) is 12.9. The largest absolute Gasteiger partial charge is 0.491 e. The van der Waals surface area contributed by atoms with Crippen LogP contribution in [0.15, 0.2) is 58.3 Å². The van der Waals surface area contributed by atoms with Gasteiger partial charge in [-0.1, -0.05) is 13.8 Å². The Bertz CT molecular complexity index is 1260. The van der Waals surface area contributed by atoms with Gasteiger partial charge in [-0.3, -0.25) is 0 Å². The highest BCUT2D eigenvalue weighted by Crippen LogP contribution is 2.25. The van der Waals surface area contributed by atoms with Crippen LogP contribution in [-0.4, -0.2) is 160 Å². The van der Waals surface area contributed by atoms with Crippen molar-refractivity contribution >= 4 is 33.4 Å². The first kappa shape index (κ1) is 49.6. The molecule has 0 N–H and O–H groups in total. The summed E-state index contributed by atoms with van der Waals surface area (Å²) < 4.78 is 64.3. The van der Waals surface area contributed by atoms with Gasteiger partial charge in [-0.05, 0) is 99.6 Å². The van der Waals surface area contributed by atoms with E-state index in [1.54, 1.807) is 48.5 Å². The van der Waals surface area contributed by atoms with Gasteiger partial charge in [0.25, 0.3) is 0 Å². The molecule has 0 aromatic heterocycles. The quantitative estimate of drug-likeness (QED) is 0.0528. The highest BCUT2D eigenvalue weighted by atomic mass is 32.2. The SMILES string of the molecule is CCC[N+](C)(C)CCSCCCOCC(COc1ccc(S(=O)(=O)c2ccc(OCC(COCCCSCC[N+](C)(C)CCC)OCC)cc2)cc1)OCC. The molecule has 316 valence electrons. The smallest absolute Gasteiger partial charge is 0.206 e. The number of thioether (sulfide) groups is 2. The van der Waals surface area contributed by atoms with Gasteiger partial charge in [0.1, 0.15) is 36.9 Å². The Morgan fingerprint density at radius 3 is 1.27 bits per heavy atom. The summed E-state index contributed by atoms with van der Waals surface area (Å²) in [6.07, 6.45) is 4.00. The Kier molecular flexibility index (Phi) is 25.2. The number of quaternary nitrogens is 2. The van der Waals surface area contributed by atoms with Crippen LogP contribution in [0.3, 0.4) is 0 Å². The minimum absolute atomic E-state index is 0.190. The van der Waals surface area contributed by atoms with Gasteiger partial charge in [0.2, 0.25) is 9.84 Å². The fourth-order valence-electron chi connectivity index (χ4n) is 5.92. The van der Waals surface area contributed by atoms with E-state index >= 15 is 0 Å². The van der Waals surface area contributed by atoms with Crippen molar-refractivity contribution in [1.29, 1.82) is 0 Å². The van der Waals surface area contributed by atoms with Crippen molar-refractivity contribution in [3.63, 3.8) is 0 Å². The molecule has 0 fully saturated rings. The molecule has 0 radical (unpaired) electrons. The molecule has 2 unspecified atom stereocenters. The normalized spacial score (nSPS) is 13.5. The summed E-state index contributed by atoms with van der Waals surface area (Å²) in [7, 11) is 5.46. The third-order valence-electron chi connectivity index (χ3n) is 9.05. The van der Waals surface area contributed by atoms with Gasteiger partial charge in [-0.15, -0.1) is 0 Å². The first-order chi connectivity index (χ1) is 26.4. The highest BCUT2D eigenvalue weighted by Gasteiger charge is 2.19. The van der Waals surface area contributed by atoms with E-state index in [4.69, 9.17) is 28.4 Å². The van der Waals surface area contributed by atoms with Gasteiger partial charge in [-0.2, -0.15) is 23.5 Å². The van der Waals surface area contributed by atoms with Crippen LogP contribution in [0.5, 0.6) is 11.5 Å². The lowest BCUT2D eigenvalue weighted by atomic mass is 10.3. The van der Waals surface area contributed by atoms with Crippen LogP contribution in [0.4, 0.5) is 0 Å². The topological polar surface area (TPSA) is 89.5 Å². The predicted molar refractivity (Wildman–Crippen MR) is 230 cm³/mol. The summed E-state index contributed by atoms with van der Waals surface area (Å²) in [6.45, 7) is 17.2. The Morgan fingerprint density at radius 1 is 0.545 bits per heavy atom. The van der Waals surface area contributed by atoms with Crippen molar-refractivity contribution in [2.45, 2.75) is 75.4 Å². The number of rotatable bonds is 34. The highest BCUT2D eigenvalue weighted by molar-refractivity contribution is 7.99. The zero-order valence-electron chi connectivity index (χ0n) is 35.3. The van der Waals surface area contributed by atoms with E-state index in [9.17, 15) is 8.42 Å². The maximum Gasteiger partial charge on any atom is 0.206 e. The molecule has 55 heavy (non-hydrogen) atoms. The Balaban J connectivity index is 1.73. The average molecular weight is 831 g/mol. The first-order valence-corrected chi connectivity index (χ1v) is 24.0. The fraction of sp³-hybridized carbons (Fsp3) is 0.714. The number of hydrogen-bond acceptors (Lipinski definition) is 10. The number of nitrogens with zero attached hydrogens (tertiary/aromatic N) is 2. The van der Waals surface area contributed by atoms with Gasteiger partial charge in [0, 0.05) is 37.9 Å². The van der Waals surface area contributed by atoms with Crippen LogP contribution in [0.2, 0.25) is 0 Å². The zero-order valence-corrected chi connectivity index (χ0v) is 37.8. The summed E-state index contributed by atoms with van der Waals surface area (Å²) in [5, 5.41) is 0. The summed E-state index contributed by atoms with van der Waals surface area (Å²) in [6, 6.07) is 13.0. The predicted octanol–water partition coefficient (Wildman–Crippen LogP) is 7.34. The molecule has 0 heterocycles. The average Bonchev–Trinajstić information content (AvgIpc) is 3.15. The second-order valence-electron chi connectivity index (χ2n) is 15.1. The molecular formula is C42H74N2O8S3+2. The van der Waals surface area contributed by atoms with Gasteiger partial charge in [0.15, 0.2) is 0 Å². The van der Waals surface area contributed by atoms with Crippen LogP contribution in [0.1, 0.15) is 53.4 Å². The molecule has 0 saturated carbocycles. The first-order valence-electron chi connectivity index (χ1n) is 20.2. The van der Waals surface area contributed by atoms with Gasteiger partial charge >= 0.3 is 0 Å². The number of ether oxygens (including phenoxy) is 6. The van der Waals surface area contributed by atoms with Gasteiger partial charge in [-0.25, -0.2) is 8.42 Å². The maximum absolute atomic E-state index is 13.4. The molecule has 2 aromatic carbocycles. The van der Waals surface area contributed by atoms with Gasteiger partial charge < -0.3 is 37.4 Å². The lowest BCUT2D eigenvalue weighted by molar-refractivity contribution is -0.887. The van der Waals surface area contributed by atoms with Crippen molar-refractivity contribution in [3.8, 4) is 11.5 Å². The minimum atomic E-state index is -3.73. The lowest BCUT2D eigenvalue weighted by Gasteiger charge is -2.29. The summed E-state index contributed by atoms with van der Waals surface area (Å²) in [5.74, 6) is 5.63. The Labute approximate surface area is 343 Å².